The van der Waals surface area contributed by atoms with E-state index in [1.807, 2.05) is 34.6 Å². The molecule has 4 N–H and O–H groups in total. The van der Waals surface area contributed by atoms with Crippen molar-refractivity contribution in [1.29, 1.82) is 5.41 Å². The van der Waals surface area contributed by atoms with Crippen molar-refractivity contribution in [2.24, 2.45) is 11.1 Å². The van der Waals surface area contributed by atoms with Gasteiger partial charge in [0.05, 0.1) is 11.1 Å². The fraction of sp³-hybridized carbons (Fsp3) is 0.382. The quantitative estimate of drug-likeness (QED) is 0.128. The predicted octanol–water partition coefficient (Wildman–Crippen LogP) is 7.05. The molecular formula is C34H44F4N4O2. The highest BCUT2D eigenvalue weighted by Crippen LogP contribution is 2.35. The molecule has 6 nitrogen and oxygen atoms in total. The van der Waals surface area contributed by atoms with E-state index in [9.17, 15) is 27.2 Å². The summed E-state index contributed by atoms with van der Waals surface area (Å²) in [5.41, 5.74) is 7.59. The van der Waals surface area contributed by atoms with Crippen LogP contribution in [0.4, 0.5) is 17.6 Å². The van der Waals surface area contributed by atoms with Gasteiger partial charge in [0, 0.05) is 49.6 Å². The van der Waals surface area contributed by atoms with E-state index in [1.165, 1.54) is 36.8 Å². The van der Waals surface area contributed by atoms with E-state index in [4.69, 9.17) is 11.1 Å². The van der Waals surface area contributed by atoms with Crippen molar-refractivity contribution in [1.82, 2.24) is 10.2 Å². The van der Waals surface area contributed by atoms with Crippen LogP contribution in [-0.4, -0.2) is 35.9 Å². The van der Waals surface area contributed by atoms with Crippen molar-refractivity contribution in [2.75, 3.05) is 13.1 Å². The van der Waals surface area contributed by atoms with E-state index in [0.717, 1.165) is 42.2 Å². The van der Waals surface area contributed by atoms with Gasteiger partial charge in [-0.25, -0.2) is 4.39 Å². The highest BCUT2D eigenvalue weighted by molar-refractivity contribution is 6.11. The number of nitrogens with one attached hydrogen (secondary N) is 2. The van der Waals surface area contributed by atoms with E-state index in [2.05, 4.69) is 18.2 Å². The van der Waals surface area contributed by atoms with Crippen LogP contribution < -0.4 is 11.1 Å². The molecule has 1 aliphatic heterocycles. The van der Waals surface area contributed by atoms with Crippen molar-refractivity contribution in [3.8, 4) is 12.8 Å². The summed E-state index contributed by atoms with van der Waals surface area (Å²) in [7, 11) is 0. The molecule has 0 aliphatic carbocycles. The molecular weight excluding hydrogens is 572 g/mol. The Balaban J connectivity index is 0.00000119. The first-order valence-electron chi connectivity index (χ1n) is 14.1. The highest BCUT2D eigenvalue weighted by atomic mass is 19.4. The number of carbonyl (C=O) groups excluding carboxylic acids is 2. The fourth-order valence-corrected chi connectivity index (χ4v) is 4.44. The molecule has 0 radical (unpaired) electrons. The molecule has 2 aromatic rings. The fourth-order valence-electron chi connectivity index (χ4n) is 4.44. The van der Waals surface area contributed by atoms with Crippen LogP contribution in [0.3, 0.4) is 0 Å². The number of alkyl halides is 3. The number of amides is 1. The Hall–Kier alpha value is -4.39. The minimum atomic E-state index is -4.39. The van der Waals surface area contributed by atoms with Crippen LogP contribution in [0.25, 0.3) is 0 Å². The maximum atomic E-state index is 12.8. The lowest BCUT2D eigenvalue weighted by Gasteiger charge is -2.42. The maximum Gasteiger partial charge on any atom is 0.416 e. The Morgan fingerprint density at radius 3 is 2.00 bits per heavy atom. The van der Waals surface area contributed by atoms with Gasteiger partial charge in [0.15, 0.2) is 0 Å². The minimum Gasteiger partial charge on any atom is -0.404 e. The van der Waals surface area contributed by atoms with E-state index in [0.29, 0.717) is 12.1 Å². The summed E-state index contributed by atoms with van der Waals surface area (Å²) >= 11 is 0. The molecule has 0 spiro atoms. The Morgan fingerprint density at radius 1 is 1.05 bits per heavy atom. The van der Waals surface area contributed by atoms with Gasteiger partial charge in [-0.05, 0) is 54.3 Å². The van der Waals surface area contributed by atoms with Gasteiger partial charge in [0.1, 0.15) is 11.6 Å². The number of nitrogens with zero attached hydrogens (tertiary/aromatic N) is 1. The number of hydrogen-bond donors (Lipinski definition) is 3. The maximum absolute atomic E-state index is 12.8. The Bertz CT molecular complexity index is 1290. The lowest BCUT2D eigenvalue weighted by Crippen LogP contribution is -2.49. The smallest absolute Gasteiger partial charge is 0.404 e. The zero-order chi connectivity index (χ0) is 34.1. The number of rotatable bonds is 8. The standard InChI is InChI=1S/C22H27F3N4O2.C8H9F.C2H6.C2H2/c1-14(30)8-16-12-29(20(31)17(9-26)10-27)13-21(2,3)19(16)28-11-15-4-6-18(7-5-15)22(23,24)25;1-2-7-3-5-8(9)6-4-7;2*1-2/h4-7,9-10,26,28H,8,11-13,27H2,1-3H3;3-6H,2H2,1H3;1-2H3;1-2H/b17-10+,26-9?;;;. The Kier molecular flexibility index (Phi) is 17.1. The van der Waals surface area contributed by atoms with Crippen LogP contribution >= 0.6 is 0 Å². The summed E-state index contributed by atoms with van der Waals surface area (Å²) in [5, 5.41) is 10.6. The third-order valence-corrected chi connectivity index (χ3v) is 6.40. The molecule has 1 heterocycles. The summed E-state index contributed by atoms with van der Waals surface area (Å²) in [6, 6.07) is 11.5. The van der Waals surface area contributed by atoms with Gasteiger partial charge in [0.25, 0.3) is 5.91 Å². The Labute approximate surface area is 258 Å². The summed E-state index contributed by atoms with van der Waals surface area (Å²) in [5.74, 6) is -0.629. The topological polar surface area (TPSA) is 99.3 Å². The molecule has 10 heteroatoms. The van der Waals surface area contributed by atoms with Crippen molar-refractivity contribution in [3.05, 3.63) is 94.1 Å². The molecule has 1 aliphatic rings. The van der Waals surface area contributed by atoms with Crippen molar-refractivity contribution >= 4 is 17.9 Å². The number of nitrogens with two attached hydrogens (primary N) is 1. The summed E-state index contributed by atoms with van der Waals surface area (Å²) in [4.78, 5) is 26.1. The van der Waals surface area contributed by atoms with Crippen LogP contribution in [0.1, 0.15) is 64.7 Å². The number of carbonyl (C=O) groups is 2. The van der Waals surface area contributed by atoms with E-state index in [-0.39, 0.29) is 36.7 Å². The predicted molar refractivity (Wildman–Crippen MR) is 169 cm³/mol. The third-order valence-electron chi connectivity index (χ3n) is 6.40. The van der Waals surface area contributed by atoms with Crippen molar-refractivity contribution < 1.29 is 27.2 Å². The molecule has 3 rings (SSSR count). The van der Waals surface area contributed by atoms with Crippen LogP contribution in [0.2, 0.25) is 0 Å². The first kappa shape index (κ1) is 39.6. The SMILES string of the molecule is C#C.CC.CC(=O)CC1=C(NCc2ccc(C(F)(F)F)cc2)C(C)(C)CN(C(=O)/C(C=N)=C/N)C1.CCc1ccc(F)cc1. The lowest BCUT2D eigenvalue weighted by atomic mass is 9.81. The number of benzene rings is 2. The number of halogens is 4. The second kappa shape index (κ2) is 19.0. The zero-order valence-corrected chi connectivity index (χ0v) is 26.3. The molecule has 1 amide bonds. The summed E-state index contributed by atoms with van der Waals surface area (Å²) < 4.78 is 50.5. The van der Waals surface area contributed by atoms with Crippen molar-refractivity contribution in [3.63, 3.8) is 0 Å². The molecule has 0 aromatic heterocycles. The molecule has 0 unspecified atom stereocenters. The third kappa shape index (κ3) is 12.5. The van der Waals surface area contributed by atoms with Crippen molar-refractivity contribution in [2.45, 2.75) is 67.1 Å². The molecule has 0 saturated heterocycles. The minimum absolute atomic E-state index is 0.0548. The monoisotopic (exact) mass is 616 g/mol. The average Bonchev–Trinajstić information content (AvgIpc) is 2.99. The van der Waals surface area contributed by atoms with Crippen LogP contribution in [0.15, 0.2) is 71.6 Å². The zero-order valence-electron chi connectivity index (χ0n) is 26.3. The molecule has 0 bridgehead atoms. The van der Waals surface area contributed by atoms with E-state index in [1.54, 1.807) is 17.0 Å². The summed E-state index contributed by atoms with van der Waals surface area (Å²) in [6.07, 6.45) is 6.68. The van der Waals surface area contributed by atoms with Gasteiger partial charge >= 0.3 is 6.18 Å². The lowest BCUT2D eigenvalue weighted by molar-refractivity contribution is -0.137. The normalized spacial score (nSPS) is 14.0. The first-order valence-corrected chi connectivity index (χ1v) is 14.1. The molecule has 0 atom stereocenters. The number of Topliss-reactive ketones (excluding diaryl/α,β-unsaturated/α-hetero) is 1. The van der Waals surface area contributed by atoms with Gasteiger partial charge in [-0.2, -0.15) is 13.2 Å². The largest absolute Gasteiger partial charge is 0.416 e. The van der Waals surface area contributed by atoms with Crippen LogP contribution in [0.5, 0.6) is 0 Å². The number of ketones is 1. The second-order valence-electron chi connectivity index (χ2n) is 10.2. The molecule has 44 heavy (non-hydrogen) atoms. The number of aryl methyl sites for hydroxylation is 1. The van der Waals surface area contributed by atoms with Gasteiger partial charge in [-0.1, -0.05) is 58.9 Å². The number of terminal acetylenes is 1. The second-order valence-corrected chi connectivity index (χ2v) is 10.2. The average molecular weight is 617 g/mol. The molecule has 240 valence electrons. The van der Waals surface area contributed by atoms with Gasteiger partial charge < -0.3 is 21.4 Å². The molecule has 2 aromatic carbocycles. The van der Waals surface area contributed by atoms with Crippen LogP contribution in [0, 0.1) is 29.5 Å². The Morgan fingerprint density at radius 2 is 1.57 bits per heavy atom. The molecule has 0 fully saturated rings. The van der Waals surface area contributed by atoms with E-state index < -0.39 is 23.1 Å². The summed E-state index contributed by atoms with van der Waals surface area (Å²) in [6.45, 7) is 12.1. The van der Waals surface area contributed by atoms with Gasteiger partial charge in [-0.15, -0.1) is 12.8 Å². The van der Waals surface area contributed by atoms with Gasteiger partial charge in [-0.3, -0.25) is 9.59 Å². The number of hydrogen-bond acceptors (Lipinski definition) is 5. The van der Waals surface area contributed by atoms with Crippen LogP contribution in [-0.2, 0) is 28.7 Å². The highest BCUT2D eigenvalue weighted by Gasteiger charge is 2.37. The molecule has 0 saturated carbocycles. The van der Waals surface area contributed by atoms with Gasteiger partial charge in [0.2, 0.25) is 0 Å². The first-order chi connectivity index (χ1) is 20.7. The van der Waals surface area contributed by atoms with E-state index >= 15 is 0 Å².